The number of pyridine rings is 1. The van der Waals surface area contributed by atoms with Gasteiger partial charge in [0.25, 0.3) is 11.8 Å². The van der Waals surface area contributed by atoms with E-state index in [1.165, 1.54) is 20.9 Å². The Kier molecular flexibility index (Phi) is 16.7. The predicted octanol–water partition coefficient (Wildman–Crippen LogP) is 7.41. The standard InChI is InChI=1S/C64H65ClN14O5S/c1-40-24-47(65)26-50(49-19-21-67-54-27-48(85-59(49)54)37-79-62(81)51-28-52(51)63(79)82)53(40)38-78-41(2)32-75(33-42(78)3)34-46-31-69-77(36-46)23-11-20-66-29-45-30-68-76(35-45)22-10-6-5-7-12-43-15-17-44(18-16-43)25-58-71-60(73-72-58)61(80)70-55-39-84-57-14-9-8-13-56(57)74(4)64(55)83/h8-9,13-19,21,24,26-27,30-31,35-36,41-42,51-52,55,66H,10-11,20,22-23,25,28-29,32-34,37-39H2,1-4H3,(H,70,80)(H,71,72,73)/t41-,42-,51?,52?,55+/m1/s1. The van der Waals surface area contributed by atoms with Crippen molar-refractivity contribution in [2.24, 2.45) is 11.8 Å². The van der Waals surface area contributed by atoms with Crippen molar-refractivity contribution >= 4 is 62.5 Å². The molecule has 5 atom stereocenters. The molecule has 434 valence electrons. The lowest BCUT2D eigenvalue weighted by molar-refractivity contribution is -0.142. The molecule has 12 rings (SSSR count). The van der Waals surface area contributed by atoms with Crippen LogP contribution in [0.15, 0.2) is 104 Å². The molecule has 3 aromatic carbocycles. The van der Waals surface area contributed by atoms with Crippen molar-refractivity contribution in [3.63, 3.8) is 0 Å². The normalized spacial score (nSPS) is 19.4. The minimum Gasteiger partial charge on any atom is -0.489 e. The Morgan fingerprint density at radius 3 is 2.44 bits per heavy atom. The van der Waals surface area contributed by atoms with Gasteiger partial charge in [-0.15, -0.1) is 16.4 Å². The first-order valence-electron chi connectivity index (χ1n) is 28.8. The Morgan fingerprint density at radius 1 is 0.859 bits per heavy atom. The Bertz CT molecular complexity index is 3930. The minimum absolute atomic E-state index is 0.00877. The highest BCUT2D eigenvalue weighted by Crippen LogP contribution is 2.48. The fourth-order valence-corrected chi connectivity index (χ4v) is 13.2. The Hall–Kier alpha value is -8.50. The SMILES string of the molecule is Cc1cc(Cl)cc(-c2ccnc3cc(CN4C(=O)C5CC5C4=O)sc23)c1CN1[C@H](C)CN(Cc2cnn(CCCNCc3cnn(CCC#CC#Cc4ccc(Cc5nc(C(=O)N[C@H]6COc7ccccc7N(C)C6=O)n[nH]5)cc4)c3)c2)C[C@H]1C. The number of H-pyrrole nitrogens is 1. The number of aromatic amines is 1. The molecule has 19 nitrogen and oxygen atoms in total. The number of piperidine rings is 1. The summed E-state index contributed by atoms with van der Waals surface area (Å²) < 4.78 is 10.8. The molecule has 0 radical (unpaired) electrons. The number of piperazine rings is 1. The monoisotopic (exact) mass is 1180 g/mol. The summed E-state index contributed by atoms with van der Waals surface area (Å²) in [6.07, 6.45) is 12.7. The van der Waals surface area contributed by atoms with Gasteiger partial charge in [-0.2, -0.15) is 10.2 Å². The van der Waals surface area contributed by atoms with E-state index in [0.29, 0.717) is 66.7 Å². The number of thiophene rings is 1. The fraction of sp³-hybridized carbons (Fsp3) is 0.359. The molecule has 8 aromatic rings. The second-order valence-electron chi connectivity index (χ2n) is 22.5. The molecule has 2 saturated heterocycles. The predicted molar refractivity (Wildman–Crippen MR) is 324 cm³/mol. The van der Waals surface area contributed by atoms with Crippen molar-refractivity contribution in [1.82, 2.24) is 65.1 Å². The van der Waals surface area contributed by atoms with E-state index in [1.54, 1.807) is 30.5 Å². The number of halogens is 1. The number of likely N-dealkylation sites (tertiary alicyclic amines) is 1. The van der Waals surface area contributed by atoms with E-state index in [9.17, 15) is 19.2 Å². The Morgan fingerprint density at radius 2 is 1.62 bits per heavy atom. The van der Waals surface area contributed by atoms with E-state index in [2.05, 4.69) is 116 Å². The molecule has 3 N–H and O–H groups in total. The number of aromatic nitrogens is 8. The number of nitrogens with one attached hydrogen (secondary N) is 3. The number of anilines is 1. The van der Waals surface area contributed by atoms with Gasteiger partial charge in [0.15, 0.2) is 0 Å². The van der Waals surface area contributed by atoms with Gasteiger partial charge in [0, 0.05) is 122 Å². The summed E-state index contributed by atoms with van der Waals surface area (Å²) in [7, 11) is 1.65. The maximum atomic E-state index is 13.1. The van der Waals surface area contributed by atoms with Crippen LogP contribution in [0.4, 0.5) is 5.69 Å². The quantitative estimate of drug-likeness (QED) is 0.0411. The number of hydrogen-bond donors (Lipinski definition) is 3. The average Bonchev–Trinajstić information content (AvgIpc) is 2.47. The number of para-hydroxylation sites is 2. The number of rotatable bonds is 19. The molecule has 3 fully saturated rings. The molecule has 4 amide bonds. The summed E-state index contributed by atoms with van der Waals surface area (Å²) in [6.45, 7) is 13.6. The van der Waals surface area contributed by atoms with E-state index in [0.717, 1.165) is 101 Å². The van der Waals surface area contributed by atoms with Crippen molar-refractivity contribution in [3.8, 4) is 40.6 Å². The van der Waals surface area contributed by atoms with Crippen LogP contribution < -0.4 is 20.3 Å². The van der Waals surface area contributed by atoms with E-state index in [1.807, 2.05) is 70.4 Å². The lowest BCUT2D eigenvalue weighted by atomic mass is 9.94. The van der Waals surface area contributed by atoms with Crippen LogP contribution in [-0.4, -0.2) is 129 Å². The smallest absolute Gasteiger partial charge is 0.291 e. The van der Waals surface area contributed by atoms with Gasteiger partial charge >= 0.3 is 0 Å². The largest absolute Gasteiger partial charge is 0.489 e. The van der Waals surface area contributed by atoms with Gasteiger partial charge in [0.1, 0.15) is 24.2 Å². The van der Waals surface area contributed by atoms with Crippen molar-refractivity contribution < 1.29 is 23.9 Å². The molecule has 0 bridgehead atoms. The van der Waals surface area contributed by atoms with E-state index in [-0.39, 0.29) is 42.0 Å². The van der Waals surface area contributed by atoms with Crippen LogP contribution in [0.5, 0.6) is 5.75 Å². The second-order valence-corrected chi connectivity index (χ2v) is 24.1. The zero-order chi connectivity index (χ0) is 58.7. The number of aryl methyl sites for hydroxylation is 3. The molecule has 1 aliphatic carbocycles. The summed E-state index contributed by atoms with van der Waals surface area (Å²) in [5, 5.41) is 23.1. The summed E-state index contributed by atoms with van der Waals surface area (Å²) in [6, 6.07) is 22.9. The highest BCUT2D eigenvalue weighted by Gasteiger charge is 2.58. The number of hydrogen-bond acceptors (Lipinski definition) is 14. The van der Waals surface area contributed by atoms with Crippen LogP contribution in [0.3, 0.4) is 0 Å². The zero-order valence-electron chi connectivity index (χ0n) is 47.8. The Labute approximate surface area is 502 Å². The first-order chi connectivity index (χ1) is 41.3. The Balaban J connectivity index is 0.545. The van der Waals surface area contributed by atoms with Gasteiger partial charge < -0.3 is 20.3 Å². The van der Waals surface area contributed by atoms with Crippen molar-refractivity contribution in [3.05, 3.63) is 159 Å². The topological polar surface area (TPSA) is 205 Å². The van der Waals surface area contributed by atoms with Crippen LogP contribution in [0.1, 0.15) is 87.8 Å². The van der Waals surface area contributed by atoms with E-state index in [4.69, 9.17) is 26.4 Å². The number of imide groups is 1. The van der Waals surface area contributed by atoms with Crippen molar-refractivity contribution in [2.75, 3.05) is 38.2 Å². The van der Waals surface area contributed by atoms with Gasteiger partial charge in [-0.1, -0.05) is 47.7 Å². The molecule has 2 unspecified atom stereocenters. The number of carbonyl (C=O) groups excluding carboxylic acids is 4. The number of likely N-dealkylation sites (N-methyl/N-ethyl adjacent to an activating group) is 1. The molecular formula is C64H65ClN14O5S. The number of ether oxygens (including phenoxy) is 1. The van der Waals surface area contributed by atoms with Crippen LogP contribution in [0, 0.1) is 42.4 Å². The van der Waals surface area contributed by atoms with Crippen LogP contribution in [0.2, 0.25) is 5.02 Å². The van der Waals surface area contributed by atoms with Gasteiger partial charge in [-0.3, -0.25) is 53.3 Å². The number of benzene rings is 3. The highest BCUT2D eigenvalue weighted by atomic mass is 35.5. The maximum Gasteiger partial charge on any atom is 0.291 e. The van der Waals surface area contributed by atoms with Gasteiger partial charge in [0.05, 0.1) is 53.2 Å². The van der Waals surface area contributed by atoms with Crippen LogP contribution in [0.25, 0.3) is 21.3 Å². The molecule has 4 aliphatic rings. The first-order valence-corrected chi connectivity index (χ1v) is 30.0. The fourth-order valence-electron chi connectivity index (χ4n) is 11.8. The first kappa shape index (κ1) is 57.0. The van der Waals surface area contributed by atoms with Gasteiger partial charge in [-0.05, 0) is 123 Å². The van der Waals surface area contributed by atoms with Gasteiger partial charge in [-0.25, -0.2) is 4.98 Å². The average molecular weight is 1180 g/mol. The van der Waals surface area contributed by atoms with Crippen LogP contribution >= 0.6 is 22.9 Å². The van der Waals surface area contributed by atoms with Crippen molar-refractivity contribution in [2.45, 2.75) is 104 Å². The third-order valence-electron chi connectivity index (χ3n) is 16.3. The third kappa shape index (κ3) is 12.9. The van der Waals surface area contributed by atoms with Crippen molar-refractivity contribution in [1.29, 1.82) is 0 Å². The third-order valence-corrected chi connectivity index (χ3v) is 17.6. The molecule has 85 heavy (non-hydrogen) atoms. The maximum absolute atomic E-state index is 13.1. The molecular weight excluding hydrogens is 1110 g/mol. The summed E-state index contributed by atoms with van der Waals surface area (Å²) in [5.41, 5.74) is 10.1. The highest BCUT2D eigenvalue weighted by molar-refractivity contribution is 7.19. The lowest BCUT2D eigenvalue weighted by Crippen LogP contribution is -2.55. The van der Waals surface area contributed by atoms with E-state index >= 15 is 0 Å². The molecule has 3 aliphatic heterocycles. The van der Waals surface area contributed by atoms with E-state index < -0.39 is 11.9 Å². The number of fused-ring (bicyclic) bond motifs is 3. The minimum atomic E-state index is -0.895. The summed E-state index contributed by atoms with van der Waals surface area (Å²) >= 11 is 8.39. The number of amides is 4. The lowest BCUT2D eigenvalue weighted by Gasteiger charge is -2.45. The van der Waals surface area contributed by atoms with Crippen LogP contribution in [-0.2, 0) is 60.1 Å². The molecule has 21 heteroatoms. The summed E-state index contributed by atoms with van der Waals surface area (Å²) in [5.74, 6) is 12.0. The number of nitrogens with zero attached hydrogens (tertiary/aromatic N) is 11. The van der Waals surface area contributed by atoms with Gasteiger partial charge in [0.2, 0.25) is 17.6 Å². The molecule has 1 saturated carbocycles. The molecule has 5 aromatic heterocycles. The second kappa shape index (κ2) is 25.0. The zero-order valence-corrected chi connectivity index (χ0v) is 49.4. The summed E-state index contributed by atoms with van der Waals surface area (Å²) in [4.78, 5) is 69.7. The molecule has 0 spiro atoms. The molecule has 8 heterocycles. The number of carbonyl (C=O) groups is 4.